The fourth-order valence-electron chi connectivity index (χ4n) is 2.29. The number of aromatic nitrogens is 1. The molecule has 2 N–H and O–H groups in total. The average molecular weight is 284 g/mol. The summed E-state index contributed by atoms with van der Waals surface area (Å²) >= 11 is 0. The largest absolute Gasteiger partial charge is 0.352 e. The third-order valence-corrected chi connectivity index (χ3v) is 3.49. The molecule has 2 rings (SSSR count). The fraction of sp³-hybridized carbons (Fsp3) is 0.571. The minimum atomic E-state index is 0. The normalized spacial score (nSPS) is 17.8. The quantitative estimate of drug-likeness (QED) is 0.869. The Labute approximate surface area is 120 Å². The second-order valence-electron chi connectivity index (χ2n) is 4.91. The predicted octanol–water partition coefficient (Wildman–Crippen LogP) is 1.96. The summed E-state index contributed by atoms with van der Waals surface area (Å²) in [5.74, 6) is 0.139. The summed E-state index contributed by atoms with van der Waals surface area (Å²) in [4.78, 5) is 15.8. The van der Waals surface area contributed by atoms with Crippen LogP contribution in [0.4, 0.5) is 0 Å². The Bertz CT molecular complexity index is 405. The molecule has 0 aliphatic carbocycles. The molecule has 19 heavy (non-hydrogen) atoms. The van der Waals surface area contributed by atoms with Crippen LogP contribution >= 0.6 is 12.4 Å². The molecule has 0 radical (unpaired) electrons. The molecule has 4 nitrogen and oxygen atoms in total. The molecule has 1 aromatic heterocycles. The van der Waals surface area contributed by atoms with Gasteiger partial charge in [0.15, 0.2) is 0 Å². The topological polar surface area (TPSA) is 54.0 Å². The smallest absolute Gasteiger partial charge is 0.220 e. The molecule has 0 aromatic carbocycles. The molecule has 106 valence electrons. The molecule has 0 spiro atoms. The van der Waals surface area contributed by atoms with E-state index in [0.717, 1.165) is 24.1 Å². The van der Waals surface area contributed by atoms with E-state index in [1.54, 1.807) is 6.20 Å². The fourth-order valence-corrected chi connectivity index (χ4v) is 2.29. The Morgan fingerprint density at radius 2 is 2.42 bits per heavy atom. The zero-order valence-electron chi connectivity index (χ0n) is 11.3. The van der Waals surface area contributed by atoms with Crippen molar-refractivity contribution < 1.29 is 4.79 Å². The van der Waals surface area contributed by atoms with Gasteiger partial charge in [-0.15, -0.1) is 12.4 Å². The molecule has 1 aliphatic rings. The number of carbonyl (C=O) groups is 1. The maximum absolute atomic E-state index is 11.7. The van der Waals surface area contributed by atoms with Crippen molar-refractivity contribution in [2.45, 2.75) is 45.2 Å². The number of aryl methyl sites for hydroxylation is 1. The number of pyridine rings is 1. The first kappa shape index (κ1) is 15.9. The summed E-state index contributed by atoms with van der Waals surface area (Å²) in [6.07, 6.45) is 7.59. The van der Waals surface area contributed by atoms with Crippen LogP contribution in [0.5, 0.6) is 0 Å². The van der Waals surface area contributed by atoms with Crippen LogP contribution in [0.15, 0.2) is 18.5 Å². The maximum atomic E-state index is 11.7. The minimum Gasteiger partial charge on any atom is -0.352 e. The van der Waals surface area contributed by atoms with Crippen molar-refractivity contribution in [1.29, 1.82) is 0 Å². The standard InChI is InChI=1S/C14H21N3O.ClH/c1-11-9-15-8-6-12(11)10-17-14(18)5-4-13-3-2-7-16-13;/h6,8-9,13,16H,2-5,7,10H2,1H3,(H,17,18);1H. The molecule has 1 aliphatic heterocycles. The van der Waals surface area contributed by atoms with Crippen molar-refractivity contribution in [3.63, 3.8) is 0 Å². The van der Waals surface area contributed by atoms with E-state index in [9.17, 15) is 4.79 Å². The Balaban J connectivity index is 0.00000180. The highest BCUT2D eigenvalue weighted by atomic mass is 35.5. The Morgan fingerprint density at radius 3 is 3.11 bits per heavy atom. The summed E-state index contributed by atoms with van der Waals surface area (Å²) in [5.41, 5.74) is 2.26. The van der Waals surface area contributed by atoms with E-state index in [1.807, 2.05) is 19.2 Å². The Morgan fingerprint density at radius 1 is 1.58 bits per heavy atom. The first-order chi connectivity index (χ1) is 8.75. The van der Waals surface area contributed by atoms with Gasteiger partial charge in [-0.3, -0.25) is 9.78 Å². The highest BCUT2D eigenvalue weighted by Gasteiger charge is 2.15. The van der Waals surface area contributed by atoms with Crippen molar-refractivity contribution >= 4 is 18.3 Å². The van der Waals surface area contributed by atoms with Gasteiger partial charge in [-0.05, 0) is 49.9 Å². The number of nitrogens with one attached hydrogen (secondary N) is 2. The van der Waals surface area contributed by atoms with Crippen LogP contribution in [0.2, 0.25) is 0 Å². The lowest BCUT2D eigenvalue weighted by molar-refractivity contribution is -0.121. The number of carbonyl (C=O) groups excluding carboxylic acids is 1. The van der Waals surface area contributed by atoms with E-state index in [0.29, 0.717) is 19.0 Å². The van der Waals surface area contributed by atoms with Gasteiger partial charge in [-0.2, -0.15) is 0 Å². The molecule has 0 saturated carbocycles. The maximum Gasteiger partial charge on any atom is 0.220 e. The first-order valence-electron chi connectivity index (χ1n) is 6.65. The first-order valence-corrected chi connectivity index (χ1v) is 6.65. The molecular formula is C14H22ClN3O. The third-order valence-electron chi connectivity index (χ3n) is 3.49. The highest BCUT2D eigenvalue weighted by molar-refractivity contribution is 5.85. The molecular weight excluding hydrogens is 262 g/mol. The van der Waals surface area contributed by atoms with Crippen LogP contribution < -0.4 is 10.6 Å². The van der Waals surface area contributed by atoms with E-state index in [4.69, 9.17) is 0 Å². The number of amides is 1. The van der Waals surface area contributed by atoms with Crippen LogP contribution in [-0.2, 0) is 11.3 Å². The van der Waals surface area contributed by atoms with Crippen LogP contribution in [0.1, 0.15) is 36.8 Å². The van der Waals surface area contributed by atoms with Gasteiger partial charge in [0.05, 0.1) is 0 Å². The summed E-state index contributed by atoms with van der Waals surface area (Å²) in [6, 6.07) is 2.49. The van der Waals surface area contributed by atoms with E-state index in [2.05, 4.69) is 15.6 Å². The average Bonchev–Trinajstić information content (AvgIpc) is 2.88. The summed E-state index contributed by atoms with van der Waals surface area (Å²) in [7, 11) is 0. The summed E-state index contributed by atoms with van der Waals surface area (Å²) in [5, 5.41) is 6.38. The monoisotopic (exact) mass is 283 g/mol. The lowest BCUT2D eigenvalue weighted by Crippen LogP contribution is -2.27. The zero-order chi connectivity index (χ0) is 12.8. The number of halogens is 1. The van der Waals surface area contributed by atoms with Gasteiger partial charge in [0.2, 0.25) is 5.91 Å². The third kappa shape index (κ3) is 5.17. The van der Waals surface area contributed by atoms with Crippen LogP contribution in [0, 0.1) is 6.92 Å². The van der Waals surface area contributed by atoms with Crippen LogP contribution in [-0.4, -0.2) is 23.5 Å². The summed E-state index contributed by atoms with van der Waals surface area (Å²) in [6.45, 7) is 3.71. The van der Waals surface area contributed by atoms with E-state index in [-0.39, 0.29) is 18.3 Å². The van der Waals surface area contributed by atoms with Gasteiger partial charge in [0, 0.05) is 31.4 Å². The predicted molar refractivity (Wildman–Crippen MR) is 78.3 cm³/mol. The van der Waals surface area contributed by atoms with Gasteiger partial charge in [0.25, 0.3) is 0 Å². The van der Waals surface area contributed by atoms with E-state index >= 15 is 0 Å². The van der Waals surface area contributed by atoms with Crippen LogP contribution in [0.25, 0.3) is 0 Å². The van der Waals surface area contributed by atoms with Crippen molar-refractivity contribution in [2.24, 2.45) is 0 Å². The Hall–Kier alpha value is -1.13. The SMILES string of the molecule is Cc1cnccc1CNC(=O)CCC1CCCN1.Cl. The lowest BCUT2D eigenvalue weighted by Gasteiger charge is -2.10. The van der Waals surface area contributed by atoms with Crippen LogP contribution in [0.3, 0.4) is 0 Å². The number of hydrogen-bond donors (Lipinski definition) is 2. The van der Waals surface area contributed by atoms with Gasteiger partial charge in [-0.1, -0.05) is 0 Å². The van der Waals surface area contributed by atoms with Crippen molar-refractivity contribution in [2.75, 3.05) is 6.54 Å². The zero-order valence-corrected chi connectivity index (χ0v) is 12.1. The second-order valence-corrected chi connectivity index (χ2v) is 4.91. The molecule has 5 heteroatoms. The minimum absolute atomic E-state index is 0. The molecule has 1 saturated heterocycles. The molecule has 2 heterocycles. The van der Waals surface area contributed by atoms with E-state index < -0.39 is 0 Å². The molecule has 1 aromatic rings. The highest BCUT2D eigenvalue weighted by Crippen LogP contribution is 2.10. The molecule has 1 unspecified atom stereocenters. The van der Waals surface area contributed by atoms with E-state index in [1.165, 1.54) is 12.8 Å². The van der Waals surface area contributed by atoms with Gasteiger partial charge < -0.3 is 10.6 Å². The molecule has 1 atom stereocenters. The van der Waals surface area contributed by atoms with Crippen molar-refractivity contribution in [3.05, 3.63) is 29.6 Å². The summed E-state index contributed by atoms with van der Waals surface area (Å²) < 4.78 is 0. The molecule has 0 bridgehead atoms. The molecule has 1 amide bonds. The van der Waals surface area contributed by atoms with Crippen molar-refractivity contribution in [3.8, 4) is 0 Å². The second kappa shape index (κ2) is 8.12. The van der Waals surface area contributed by atoms with Gasteiger partial charge in [0.1, 0.15) is 0 Å². The lowest BCUT2D eigenvalue weighted by atomic mass is 10.1. The number of nitrogens with zero attached hydrogens (tertiary/aromatic N) is 1. The number of hydrogen-bond acceptors (Lipinski definition) is 3. The number of rotatable bonds is 5. The molecule has 1 fully saturated rings. The van der Waals surface area contributed by atoms with Gasteiger partial charge in [-0.25, -0.2) is 0 Å². The van der Waals surface area contributed by atoms with Gasteiger partial charge >= 0.3 is 0 Å². The van der Waals surface area contributed by atoms with Crippen molar-refractivity contribution in [1.82, 2.24) is 15.6 Å². The Kier molecular flexibility index (Phi) is 6.81.